The predicted molar refractivity (Wildman–Crippen MR) is 154 cm³/mol. The van der Waals surface area contributed by atoms with Gasteiger partial charge in [-0.2, -0.15) is 0 Å². The first kappa shape index (κ1) is 24.9. The molecule has 3 atom stereocenters. The van der Waals surface area contributed by atoms with Gasteiger partial charge in [-0.3, -0.25) is 0 Å². The Morgan fingerprint density at radius 2 is 1.46 bits per heavy atom. The van der Waals surface area contributed by atoms with Crippen molar-refractivity contribution < 1.29 is 19.0 Å². The van der Waals surface area contributed by atoms with Crippen molar-refractivity contribution in [1.29, 1.82) is 0 Å². The van der Waals surface area contributed by atoms with Crippen LogP contribution in [0.4, 0.5) is 5.69 Å². The Balaban J connectivity index is 1.52. The topological polar surface area (TPSA) is 79.6 Å². The maximum absolute atomic E-state index is 13.6. The van der Waals surface area contributed by atoms with Crippen LogP contribution in [0.1, 0.15) is 42.9 Å². The zero-order valence-corrected chi connectivity index (χ0v) is 22.4. The highest BCUT2D eigenvalue weighted by atomic mass is 16.5. The molecule has 7 nitrogen and oxygen atoms in total. The van der Waals surface area contributed by atoms with E-state index in [1.165, 1.54) is 5.56 Å². The fourth-order valence-corrected chi connectivity index (χ4v) is 6.13. The second-order valence-corrected chi connectivity index (χ2v) is 10.0. The summed E-state index contributed by atoms with van der Waals surface area (Å²) in [7, 11) is 3.37. The normalized spacial score (nSPS) is 19.4. The number of methoxy groups -OCH3 is 2. The van der Waals surface area contributed by atoms with E-state index in [1.807, 2.05) is 49.4 Å². The van der Waals surface area contributed by atoms with Gasteiger partial charge in [0.05, 0.1) is 26.9 Å². The van der Waals surface area contributed by atoms with Gasteiger partial charge in [0.15, 0.2) is 0 Å². The number of fused-ring (bicyclic) bond motifs is 2. The number of piperidine rings is 1. The van der Waals surface area contributed by atoms with E-state index in [-0.39, 0.29) is 17.9 Å². The third-order valence-electron chi connectivity index (χ3n) is 7.94. The number of rotatable bonds is 7. The predicted octanol–water partition coefficient (Wildman–Crippen LogP) is 6.72. The fraction of sp³-hybridized carbons (Fsp3) is 0.281. The minimum absolute atomic E-state index is 0.0861. The minimum Gasteiger partial charge on any atom is -0.497 e. The molecule has 2 aromatic heterocycles. The van der Waals surface area contributed by atoms with Crippen molar-refractivity contribution in [3.63, 3.8) is 0 Å². The number of hydrogen-bond donors (Lipinski definition) is 2. The van der Waals surface area contributed by atoms with Gasteiger partial charge in [-0.1, -0.05) is 18.2 Å². The molecule has 3 heterocycles. The highest BCUT2D eigenvalue weighted by molar-refractivity contribution is 5.88. The lowest BCUT2D eigenvalue weighted by molar-refractivity contribution is -0.145. The number of hydrogen-bond acceptors (Lipinski definition) is 5. The lowest BCUT2D eigenvalue weighted by Gasteiger charge is -2.45. The van der Waals surface area contributed by atoms with Crippen LogP contribution >= 0.6 is 0 Å². The molecule has 2 N–H and O–H groups in total. The average molecular weight is 524 g/mol. The van der Waals surface area contributed by atoms with Crippen LogP contribution in [0.25, 0.3) is 21.8 Å². The molecule has 7 heteroatoms. The lowest BCUT2D eigenvalue weighted by Crippen LogP contribution is -2.49. The number of ether oxygens (including phenoxy) is 3. The van der Waals surface area contributed by atoms with Crippen LogP contribution < -0.4 is 14.4 Å². The Bertz CT molecular complexity index is 1610. The molecule has 0 unspecified atom stereocenters. The van der Waals surface area contributed by atoms with E-state index >= 15 is 0 Å². The van der Waals surface area contributed by atoms with E-state index in [2.05, 4.69) is 51.5 Å². The molecule has 0 radical (unpaired) electrons. The largest absolute Gasteiger partial charge is 0.497 e. The van der Waals surface area contributed by atoms with Crippen molar-refractivity contribution in [1.82, 2.24) is 9.97 Å². The van der Waals surface area contributed by atoms with Gasteiger partial charge in [0.1, 0.15) is 17.5 Å². The number of carbonyl (C=O) groups is 1. The smallest absolute Gasteiger partial charge is 0.328 e. The van der Waals surface area contributed by atoms with Gasteiger partial charge in [-0.15, -0.1) is 0 Å². The second kappa shape index (κ2) is 10.4. The average Bonchev–Trinajstić information content (AvgIpc) is 3.60. The van der Waals surface area contributed by atoms with Crippen LogP contribution in [-0.4, -0.2) is 42.8 Å². The highest BCUT2D eigenvalue weighted by Crippen LogP contribution is 2.48. The van der Waals surface area contributed by atoms with Crippen molar-refractivity contribution in [3.8, 4) is 11.5 Å². The third kappa shape index (κ3) is 4.48. The summed E-state index contributed by atoms with van der Waals surface area (Å²) in [6, 6.07) is 21.8. The van der Waals surface area contributed by atoms with Gasteiger partial charge in [0.25, 0.3) is 0 Å². The Morgan fingerprint density at radius 1 is 0.846 bits per heavy atom. The molecule has 0 aliphatic carbocycles. The number of para-hydroxylation sites is 1. The third-order valence-corrected chi connectivity index (χ3v) is 7.94. The van der Waals surface area contributed by atoms with Crippen LogP contribution in [0.3, 0.4) is 0 Å². The SMILES string of the molecule is CCOC(=O)[C@@H]1C[C@@H](c2c[nH]c3ccc(OC)cc23)C[C@@H](c2c[nH]c3ccc(OC)cc23)N1c1ccccc1. The molecule has 1 aliphatic rings. The van der Waals surface area contributed by atoms with E-state index in [0.717, 1.165) is 51.0 Å². The van der Waals surface area contributed by atoms with Gasteiger partial charge in [-0.05, 0) is 85.3 Å². The molecule has 1 saturated heterocycles. The van der Waals surface area contributed by atoms with Crippen LogP contribution in [0.2, 0.25) is 0 Å². The van der Waals surface area contributed by atoms with Crippen molar-refractivity contribution in [2.75, 3.05) is 25.7 Å². The maximum Gasteiger partial charge on any atom is 0.328 e. The van der Waals surface area contributed by atoms with Crippen LogP contribution in [0.15, 0.2) is 79.1 Å². The number of nitrogens with one attached hydrogen (secondary N) is 2. The molecule has 6 rings (SSSR count). The summed E-state index contributed by atoms with van der Waals surface area (Å²) in [5.41, 5.74) is 5.40. The first-order valence-electron chi connectivity index (χ1n) is 13.4. The lowest BCUT2D eigenvalue weighted by atomic mass is 9.78. The van der Waals surface area contributed by atoms with Crippen molar-refractivity contribution >= 4 is 33.5 Å². The first-order valence-corrected chi connectivity index (χ1v) is 13.4. The van der Waals surface area contributed by atoms with Crippen LogP contribution in [0.5, 0.6) is 11.5 Å². The van der Waals surface area contributed by atoms with Gasteiger partial charge in [0.2, 0.25) is 0 Å². The maximum atomic E-state index is 13.6. The van der Waals surface area contributed by atoms with Crippen molar-refractivity contribution in [2.45, 2.75) is 37.8 Å². The van der Waals surface area contributed by atoms with E-state index in [0.29, 0.717) is 13.0 Å². The summed E-state index contributed by atoms with van der Waals surface area (Å²) in [6.45, 7) is 2.20. The molecule has 0 spiro atoms. The summed E-state index contributed by atoms with van der Waals surface area (Å²) < 4.78 is 16.8. The molecule has 0 amide bonds. The first-order chi connectivity index (χ1) is 19.1. The number of aromatic nitrogens is 2. The summed E-state index contributed by atoms with van der Waals surface area (Å²) in [6.07, 6.45) is 5.62. The molecular weight excluding hydrogens is 490 g/mol. The summed E-state index contributed by atoms with van der Waals surface area (Å²) in [5.74, 6) is 1.52. The number of H-pyrrole nitrogens is 2. The summed E-state index contributed by atoms with van der Waals surface area (Å²) >= 11 is 0. The highest BCUT2D eigenvalue weighted by Gasteiger charge is 2.42. The fourth-order valence-electron chi connectivity index (χ4n) is 6.13. The van der Waals surface area contributed by atoms with Crippen molar-refractivity contribution in [3.05, 3.63) is 90.3 Å². The second-order valence-electron chi connectivity index (χ2n) is 10.0. The zero-order valence-electron chi connectivity index (χ0n) is 22.4. The standard InChI is InChI=1S/C32H33N3O4/c1-4-39-32(36)31-15-20(26-18-33-28-12-10-22(37-2)16-24(26)28)14-30(35(31)21-8-6-5-7-9-21)27-19-34-29-13-11-23(38-3)17-25(27)29/h5-13,16-20,30-31,33-34H,4,14-15H2,1-3H3/t20-,30-,31-/m0/s1. The minimum atomic E-state index is -0.456. The van der Waals surface area contributed by atoms with Crippen LogP contribution in [-0.2, 0) is 9.53 Å². The number of carbonyl (C=O) groups excluding carboxylic acids is 1. The van der Waals surface area contributed by atoms with E-state index in [4.69, 9.17) is 14.2 Å². The van der Waals surface area contributed by atoms with E-state index < -0.39 is 6.04 Å². The molecule has 1 fully saturated rings. The van der Waals surface area contributed by atoms with E-state index in [9.17, 15) is 4.79 Å². The molecule has 200 valence electrons. The number of aromatic amines is 2. The van der Waals surface area contributed by atoms with Crippen LogP contribution in [0, 0.1) is 0 Å². The quantitative estimate of drug-likeness (QED) is 0.231. The molecule has 39 heavy (non-hydrogen) atoms. The summed E-state index contributed by atoms with van der Waals surface area (Å²) in [5, 5.41) is 2.21. The molecule has 1 aliphatic heterocycles. The molecule has 0 bridgehead atoms. The zero-order chi connectivity index (χ0) is 26.9. The van der Waals surface area contributed by atoms with Crippen molar-refractivity contribution in [2.24, 2.45) is 0 Å². The van der Waals surface area contributed by atoms with Gasteiger partial charge < -0.3 is 29.1 Å². The van der Waals surface area contributed by atoms with E-state index in [1.54, 1.807) is 14.2 Å². The Morgan fingerprint density at radius 3 is 2.08 bits per heavy atom. The Hall–Kier alpha value is -4.39. The van der Waals surface area contributed by atoms with Gasteiger partial charge in [0, 0.05) is 39.9 Å². The number of esters is 1. The van der Waals surface area contributed by atoms with Gasteiger partial charge in [-0.25, -0.2) is 4.79 Å². The number of nitrogens with zero attached hydrogens (tertiary/aromatic N) is 1. The Kier molecular flexibility index (Phi) is 6.65. The number of anilines is 1. The molecule has 5 aromatic rings. The molecular formula is C32H33N3O4. The monoisotopic (exact) mass is 523 g/mol. The number of benzene rings is 3. The Labute approximate surface area is 227 Å². The summed E-state index contributed by atoms with van der Waals surface area (Å²) in [4.78, 5) is 22.8. The molecule has 3 aromatic carbocycles. The van der Waals surface area contributed by atoms with Gasteiger partial charge >= 0.3 is 5.97 Å². The molecule has 0 saturated carbocycles.